The van der Waals surface area contributed by atoms with Crippen LogP contribution in [0.5, 0.6) is 17.2 Å². The van der Waals surface area contributed by atoms with Gasteiger partial charge in [0.05, 0.1) is 5.56 Å². The maximum atomic E-state index is 12.0. The largest absolute Gasteiger partial charge is 0.508 e. The van der Waals surface area contributed by atoms with E-state index in [1.807, 2.05) is 0 Å². The standard InChI is InChI=1S/C26H16O6/c27-15-5-8-17(9-6-15)31-18-10-12-22-24(14-18)32-23-13-16(28)7-11-21(23)25(22)19-3-1-2-4-20(19)26(29)30/h1-14,27H,(H,29,30). The van der Waals surface area contributed by atoms with Gasteiger partial charge in [-0.2, -0.15) is 0 Å². The zero-order chi connectivity index (χ0) is 22.2. The second-order valence-corrected chi connectivity index (χ2v) is 7.24. The summed E-state index contributed by atoms with van der Waals surface area (Å²) in [6, 6.07) is 22.7. The summed E-state index contributed by atoms with van der Waals surface area (Å²) in [6.45, 7) is 0. The van der Waals surface area contributed by atoms with Crippen molar-refractivity contribution in [1.82, 2.24) is 0 Å². The lowest BCUT2D eigenvalue weighted by molar-refractivity contribution is 0.0697. The highest BCUT2D eigenvalue weighted by atomic mass is 16.5. The van der Waals surface area contributed by atoms with Crippen LogP contribution in [0.25, 0.3) is 33.4 Å². The summed E-state index contributed by atoms with van der Waals surface area (Å²) in [6.07, 6.45) is 0. The number of fused-ring (bicyclic) bond motifs is 2. The molecule has 1 aliphatic carbocycles. The average molecular weight is 424 g/mol. The van der Waals surface area contributed by atoms with Gasteiger partial charge >= 0.3 is 5.97 Å². The molecule has 1 heterocycles. The molecule has 0 saturated carbocycles. The van der Waals surface area contributed by atoms with E-state index < -0.39 is 5.97 Å². The number of hydrogen-bond acceptors (Lipinski definition) is 5. The van der Waals surface area contributed by atoms with E-state index in [-0.39, 0.29) is 16.7 Å². The van der Waals surface area contributed by atoms with Gasteiger partial charge in [0.2, 0.25) is 0 Å². The van der Waals surface area contributed by atoms with E-state index in [1.54, 1.807) is 60.7 Å². The van der Waals surface area contributed by atoms with E-state index >= 15 is 0 Å². The predicted molar refractivity (Wildman–Crippen MR) is 120 cm³/mol. The third kappa shape index (κ3) is 3.44. The van der Waals surface area contributed by atoms with Gasteiger partial charge in [0.15, 0.2) is 5.43 Å². The lowest BCUT2D eigenvalue weighted by Gasteiger charge is -2.17. The molecule has 0 fully saturated rings. The molecule has 0 amide bonds. The first-order valence-electron chi connectivity index (χ1n) is 9.80. The summed E-state index contributed by atoms with van der Waals surface area (Å²) in [4.78, 5) is 23.9. The molecule has 0 aromatic heterocycles. The summed E-state index contributed by atoms with van der Waals surface area (Å²) in [7, 11) is 0. The van der Waals surface area contributed by atoms with Crippen LogP contribution in [0.15, 0.2) is 94.1 Å². The number of hydrogen-bond donors (Lipinski definition) is 2. The van der Waals surface area contributed by atoms with E-state index in [0.717, 1.165) is 0 Å². The number of carboxylic acid groups (broad SMARTS) is 1. The number of benzene rings is 4. The van der Waals surface area contributed by atoms with Gasteiger partial charge in [-0.1, -0.05) is 18.2 Å². The van der Waals surface area contributed by atoms with Crippen LogP contribution in [0.1, 0.15) is 10.4 Å². The van der Waals surface area contributed by atoms with Crippen LogP contribution in [0.3, 0.4) is 0 Å². The van der Waals surface area contributed by atoms with Gasteiger partial charge in [0, 0.05) is 28.6 Å². The van der Waals surface area contributed by atoms with Crippen molar-refractivity contribution in [3.63, 3.8) is 0 Å². The normalized spacial score (nSPS) is 11.0. The average Bonchev–Trinajstić information content (AvgIpc) is 2.79. The maximum Gasteiger partial charge on any atom is 0.336 e. The Morgan fingerprint density at radius 2 is 1.56 bits per heavy atom. The number of rotatable bonds is 4. The fourth-order valence-corrected chi connectivity index (χ4v) is 3.74. The number of ether oxygens (including phenoxy) is 1. The number of aromatic carboxylic acids is 1. The van der Waals surface area contributed by atoms with Gasteiger partial charge in [0.1, 0.15) is 28.6 Å². The van der Waals surface area contributed by atoms with Crippen LogP contribution >= 0.6 is 0 Å². The highest BCUT2D eigenvalue weighted by Crippen LogP contribution is 2.42. The van der Waals surface area contributed by atoms with E-state index in [0.29, 0.717) is 44.9 Å². The number of aromatic hydroxyl groups is 1. The summed E-state index contributed by atoms with van der Waals surface area (Å²) < 4.78 is 11.9. The number of phenolic OH excluding ortho intramolecular Hbond substituents is 1. The summed E-state index contributed by atoms with van der Waals surface area (Å²) in [5.41, 5.74) is 2.20. The Bertz CT molecular complexity index is 1500. The Kier molecular flexibility index (Phi) is 4.60. The molecular formula is C26H16O6. The van der Waals surface area contributed by atoms with Crippen LogP contribution < -0.4 is 10.2 Å². The third-order valence-corrected chi connectivity index (χ3v) is 5.16. The molecule has 6 nitrogen and oxygen atoms in total. The van der Waals surface area contributed by atoms with Crippen LogP contribution in [0.4, 0.5) is 0 Å². The van der Waals surface area contributed by atoms with Crippen molar-refractivity contribution in [1.29, 1.82) is 0 Å². The van der Waals surface area contributed by atoms with Crippen LogP contribution in [-0.4, -0.2) is 16.2 Å². The van der Waals surface area contributed by atoms with Crippen LogP contribution in [-0.2, 0) is 0 Å². The Labute approximate surface area is 181 Å². The molecule has 32 heavy (non-hydrogen) atoms. The lowest BCUT2D eigenvalue weighted by atomic mass is 9.91. The van der Waals surface area contributed by atoms with E-state index in [2.05, 4.69) is 0 Å². The summed E-state index contributed by atoms with van der Waals surface area (Å²) >= 11 is 0. The Morgan fingerprint density at radius 3 is 2.34 bits per heavy atom. The molecule has 6 heteroatoms. The van der Waals surface area contributed by atoms with Crippen molar-refractivity contribution in [3.05, 3.63) is 101 Å². The maximum absolute atomic E-state index is 12.0. The smallest absolute Gasteiger partial charge is 0.336 e. The van der Waals surface area contributed by atoms with Gasteiger partial charge in [-0.15, -0.1) is 0 Å². The molecule has 0 saturated heterocycles. The zero-order valence-corrected chi connectivity index (χ0v) is 16.6. The van der Waals surface area contributed by atoms with Crippen LogP contribution in [0.2, 0.25) is 0 Å². The van der Waals surface area contributed by atoms with Gasteiger partial charge in [-0.05, 0) is 60.2 Å². The van der Waals surface area contributed by atoms with Crippen molar-refractivity contribution in [2.45, 2.75) is 0 Å². The topological polar surface area (TPSA) is 97.0 Å². The van der Waals surface area contributed by atoms with Crippen molar-refractivity contribution in [2.75, 3.05) is 0 Å². The van der Waals surface area contributed by atoms with Crippen molar-refractivity contribution in [2.24, 2.45) is 0 Å². The molecule has 0 spiro atoms. The molecule has 0 unspecified atom stereocenters. The predicted octanol–water partition coefficient (Wildman–Crippen LogP) is 5.76. The first-order chi connectivity index (χ1) is 15.5. The summed E-state index contributed by atoms with van der Waals surface area (Å²) in [5.74, 6) is 0.452. The Balaban J connectivity index is 1.76. The number of carboxylic acids is 1. The van der Waals surface area contributed by atoms with Gasteiger partial charge in [0.25, 0.3) is 0 Å². The molecular weight excluding hydrogens is 408 g/mol. The van der Waals surface area contributed by atoms with E-state index in [1.165, 1.54) is 24.3 Å². The molecule has 0 radical (unpaired) electrons. The molecule has 0 atom stereocenters. The monoisotopic (exact) mass is 424 g/mol. The van der Waals surface area contributed by atoms with Crippen molar-refractivity contribution >= 4 is 16.9 Å². The summed E-state index contributed by atoms with van der Waals surface area (Å²) in [5, 5.41) is 19.9. The molecule has 0 bridgehead atoms. The zero-order valence-electron chi connectivity index (χ0n) is 16.6. The molecule has 5 rings (SSSR count). The van der Waals surface area contributed by atoms with E-state index in [9.17, 15) is 19.8 Å². The van der Waals surface area contributed by atoms with Crippen molar-refractivity contribution < 1.29 is 24.2 Å². The highest BCUT2D eigenvalue weighted by Gasteiger charge is 2.21. The lowest BCUT2D eigenvalue weighted by Crippen LogP contribution is -2.03. The molecule has 3 aromatic rings. The minimum absolute atomic E-state index is 0.132. The highest BCUT2D eigenvalue weighted by molar-refractivity contribution is 6.07. The van der Waals surface area contributed by atoms with E-state index in [4.69, 9.17) is 9.15 Å². The molecule has 2 N–H and O–H groups in total. The third-order valence-electron chi connectivity index (χ3n) is 5.16. The second kappa shape index (κ2) is 7.59. The fourth-order valence-electron chi connectivity index (χ4n) is 3.74. The first-order valence-corrected chi connectivity index (χ1v) is 9.80. The molecule has 3 aromatic carbocycles. The number of phenols is 1. The van der Waals surface area contributed by atoms with Crippen LogP contribution in [0, 0.1) is 0 Å². The Hall–Kier alpha value is -4.58. The van der Waals surface area contributed by atoms with Crippen molar-refractivity contribution in [3.8, 4) is 39.7 Å². The fraction of sp³-hybridized carbons (Fsp3) is 0. The SMILES string of the molecule is O=C(O)c1ccccc1-c1c2ccc(=O)cc-2oc2cc(Oc3ccc(O)cc3)ccc12. The number of carbonyl (C=O) groups is 1. The molecule has 156 valence electrons. The minimum Gasteiger partial charge on any atom is -0.508 e. The van der Waals surface area contributed by atoms with Gasteiger partial charge in [-0.25, -0.2) is 4.79 Å². The molecule has 2 aliphatic rings. The minimum atomic E-state index is -1.05. The quantitative estimate of drug-likeness (QED) is 0.356. The van der Waals surface area contributed by atoms with Gasteiger partial charge < -0.3 is 19.4 Å². The molecule has 1 aliphatic heterocycles. The second-order valence-electron chi connectivity index (χ2n) is 7.24. The van der Waals surface area contributed by atoms with Gasteiger partial charge in [-0.3, -0.25) is 4.79 Å². The first kappa shape index (κ1) is 19.4. The Morgan fingerprint density at radius 1 is 0.812 bits per heavy atom.